The number of sulfonamides is 1. The summed E-state index contributed by atoms with van der Waals surface area (Å²) in [4.78, 5) is 12.6. The highest BCUT2D eigenvalue weighted by Gasteiger charge is 2.42. The molecule has 2 heterocycles. The number of carbonyl (C=O) groups is 1. The summed E-state index contributed by atoms with van der Waals surface area (Å²) in [6.07, 6.45) is 0.675. The summed E-state index contributed by atoms with van der Waals surface area (Å²) in [5, 5.41) is 3.64. The van der Waals surface area contributed by atoms with E-state index >= 15 is 0 Å². The Bertz CT molecular complexity index is 1450. The molecule has 3 atom stereocenters. The van der Waals surface area contributed by atoms with Gasteiger partial charge in [0.05, 0.1) is 22.7 Å². The topological polar surface area (TPSA) is 75.7 Å². The maximum atomic E-state index is 13.6. The van der Waals surface area contributed by atoms with E-state index in [-0.39, 0.29) is 34.7 Å². The first-order valence-corrected chi connectivity index (χ1v) is 14.2. The Morgan fingerprint density at radius 2 is 1.73 bits per heavy atom. The highest BCUT2D eigenvalue weighted by Crippen LogP contribution is 2.50. The largest absolute Gasteiger partial charge is 0.378 e. The van der Waals surface area contributed by atoms with Crippen molar-refractivity contribution in [2.75, 3.05) is 23.3 Å². The first-order chi connectivity index (χ1) is 17.6. The summed E-state index contributed by atoms with van der Waals surface area (Å²) in [5.41, 5.74) is 6.37. The van der Waals surface area contributed by atoms with E-state index in [0.29, 0.717) is 12.3 Å². The number of hydrogen-bond donors (Lipinski definition) is 1. The van der Waals surface area contributed by atoms with Gasteiger partial charge in [0.25, 0.3) is 10.0 Å². The fraction of sp³-hybridized carbons (Fsp3) is 0.367. The van der Waals surface area contributed by atoms with Gasteiger partial charge in [0, 0.05) is 42.3 Å². The van der Waals surface area contributed by atoms with Crippen molar-refractivity contribution in [2.45, 2.75) is 51.2 Å². The number of fused-ring (bicyclic) bond motifs is 3. The van der Waals surface area contributed by atoms with Crippen LogP contribution in [0.4, 0.5) is 11.4 Å². The summed E-state index contributed by atoms with van der Waals surface area (Å²) >= 11 is 0. The molecule has 0 amide bonds. The minimum atomic E-state index is -3.75. The quantitative estimate of drug-likeness (QED) is 0.393. The lowest BCUT2D eigenvalue weighted by molar-refractivity contribution is 0.0827. The van der Waals surface area contributed by atoms with Crippen LogP contribution in [-0.4, -0.2) is 27.9 Å². The zero-order valence-electron chi connectivity index (χ0n) is 22.0. The number of ether oxygens (including phenoxy) is 1. The van der Waals surface area contributed by atoms with Gasteiger partial charge >= 0.3 is 0 Å². The maximum Gasteiger partial charge on any atom is 0.264 e. The molecule has 0 aromatic heterocycles. The van der Waals surface area contributed by atoms with Crippen molar-refractivity contribution in [2.24, 2.45) is 11.8 Å². The van der Waals surface area contributed by atoms with Crippen LogP contribution >= 0.6 is 0 Å². The van der Waals surface area contributed by atoms with E-state index in [1.165, 1.54) is 4.31 Å². The SMILES string of the molecule is Cc1ccc(N(C)S(=O)(=O)c2ccc3c(c2)C2OCCC2C(c2ccc(C(=O)C(C)C)cc2)N3)cc1C. The fourth-order valence-electron chi connectivity index (χ4n) is 5.35. The normalized spacial score (nSPS) is 20.8. The highest BCUT2D eigenvalue weighted by molar-refractivity contribution is 7.92. The number of benzene rings is 3. The van der Waals surface area contributed by atoms with Crippen LogP contribution in [0.15, 0.2) is 65.6 Å². The van der Waals surface area contributed by atoms with Gasteiger partial charge in [-0.1, -0.05) is 44.2 Å². The van der Waals surface area contributed by atoms with E-state index in [9.17, 15) is 13.2 Å². The van der Waals surface area contributed by atoms with Gasteiger partial charge in [0.15, 0.2) is 5.78 Å². The number of nitrogens with zero attached hydrogens (tertiary/aromatic N) is 1. The van der Waals surface area contributed by atoms with Crippen molar-refractivity contribution in [1.29, 1.82) is 0 Å². The molecule has 1 saturated heterocycles. The third-order valence-electron chi connectivity index (χ3n) is 7.80. The number of aryl methyl sites for hydroxylation is 2. The van der Waals surface area contributed by atoms with Gasteiger partial charge in [-0.2, -0.15) is 0 Å². The van der Waals surface area contributed by atoms with Gasteiger partial charge in [-0.25, -0.2) is 8.42 Å². The van der Waals surface area contributed by atoms with E-state index < -0.39 is 10.0 Å². The average molecular weight is 519 g/mol. The van der Waals surface area contributed by atoms with Crippen molar-refractivity contribution in [3.05, 3.63) is 88.5 Å². The minimum absolute atomic E-state index is 0.0175. The molecule has 194 valence electrons. The molecule has 0 radical (unpaired) electrons. The zero-order chi connectivity index (χ0) is 26.5. The Morgan fingerprint density at radius 1 is 1.00 bits per heavy atom. The maximum absolute atomic E-state index is 13.6. The lowest BCUT2D eigenvalue weighted by atomic mass is 9.81. The molecule has 2 aliphatic rings. The Balaban J connectivity index is 1.46. The van der Waals surface area contributed by atoms with E-state index in [0.717, 1.165) is 39.9 Å². The second-order valence-corrected chi connectivity index (χ2v) is 12.5. The Labute approximate surface area is 219 Å². The van der Waals surface area contributed by atoms with Gasteiger partial charge in [-0.05, 0) is 67.3 Å². The summed E-state index contributed by atoms with van der Waals surface area (Å²) in [6.45, 7) is 8.42. The first-order valence-electron chi connectivity index (χ1n) is 12.8. The number of rotatable bonds is 6. The highest BCUT2D eigenvalue weighted by atomic mass is 32.2. The molecule has 2 aliphatic heterocycles. The first kappa shape index (κ1) is 25.5. The third kappa shape index (κ3) is 4.55. The third-order valence-corrected chi connectivity index (χ3v) is 9.58. The van der Waals surface area contributed by atoms with Crippen LogP contribution < -0.4 is 9.62 Å². The monoisotopic (exact) mass is 518 g/mol. The molecule has 1 N–H and O–H groups in total. The van der Waals surface area contributed by atoms with Crippen molar-refractivity contribution < 1.29 is 17.9 Å². The Kier molecular flexibility index (Phi) is 6.62. The molecule has 7 heteroatoms. The van der Waals surface area contributed by atoms with Crippen molar-refractivity contribution in [1.82, 2.24) is 0 Å². The van der Waals surface area contributed by atoms with Gasteiger partial charge in [0.1, 0.15) is 0 Å². The number of anilines is 2. The number of carbonyl (C=O) groups excluding carboxylic acids is 1. The lowest BCUT2D eigenvalue weighted by Crippen LogP contribution is -2.30. The molecule has 1 fully saturated rings. The standard InChI is InChI=1S/C30H34N2O4S/c1-18(2)29(33)22-9-7-21(8-10-22)28-25-14-15-36-30(25)26-17-24(12-13-27(26)31-28)37(34,35)32(5)23-11-6-19(3)20(4)16-23/h6-13,16-18,25,28,30-31H,14-15H2,1-5H3. The predicted octanol–water partition coefficient (Wildman–Crippen LogP) is 6.21. The smallest absolute Gasteiger partial charge is 0.264 e. The fourth-order valence-corrected chi connectivity index (χ4v) is 6.57. The van der Waals surface area contributed by atoms with Crippen LogP contribution in [0.2, 0.25) is 0 Å². The average Bonchev–Trinajstić information content (AvgIpc) is 3.39. The van der Waals surface area contributed by atoms with Crippen LogP contribution in [-0.2, 0) is 14.8 Å². The molecule has 6 nitrogen and oxygen atoms in total. The number of Topliss-reactive ketones (excluding diaryl/α,β-unsaturated/α-hetero) is 1. The lowest BCUT2D eigenvalue weighted by Gasteiger charge is -2.37. The number of hydrogen-bond acceptors (Lipinski definition) is 5. The van der Waals surface area contributed by atoms with Crippen LogP contribution in [0, 0.1) is 25.7 Å². The van der Waals surface area contributed by atoms with E-state index in [1.54, 1.807) is 19.2 Å². The summed E-state index contributed by atoms with van der Waals surface area (Å²) in [7, 11) is -2.16. The van der Waals surface area contributed by atoms with Gasteiger partial charge in [-0.15, -0.1) is 0 Å². The zero-order valence-corrected chi connectivity index (χ0v) is 22.8. The van der Waals surface area contributed by atoms with Crippen LogP contribution in [0.3, 0.4) is 0 Å². The minimum Gasteiger partial charge on any atom is -0.378 e. The van der Waals surface area contributed by atoms with Gasteiger partial charge < -0.3 is 10.1 Å². The molecule has 37 heavy (non-hydrogen) atoms. The van der Waals surface area contributed by atoms with Crippen LogP contribution in [0.5, 0.6) is 0 Å². The molecule has 0 spiro atoms. The van der Waals surface area contributed by atoms with Gasteiger partial charge in [-0.3, -0.25) is 9.10 Å². The van der Waals surface area contributed by atoms with Gasteiger partial charge in [0.2, 0.25) is 0 Å². The molecule has 3 aromatic carbocycles. The molecule has 3 unspecified atom stereocenters. The molecular formula is C30H34N2O4S. The summed E-state index contributed by atoms with van der Waals surface area (Å²) in [6, 6.07) is 18.8. The van der Waals surface area contributed by atoms with Crippen molar-refractivity contribution >= 4 is 27.2 Å². The molecule has 0 bridgehead atoms. The second kappa shape index (κ2) is 9.62. The molecule has 3 aromatic rings. The summed E-state index contributed by atoms with van der Waals surface area (Å²) in [5.74, 6) is 0.252. The van der Waals surface area contributed by atoms with Crippen molar-refractivity contribution in [3.63, 3.8) is 0 Å². The van der Waals surface area contributed by atoms with E-state index in [1.807, 2.05) is 76.2 Å². The van der Waals surface area contributed by atoms with E-state index in [4.69, 9.17) is 4.74 Å². The second-order valence-electron chi connectivity index (χ2n) is 10.5. The number of ketones is 1. The number of nitrogens with one attached hydrogen (secondary N) is 1. The van der Waals surface area contributed by atoms with E-state index in [2.05, 4.69) is 5.32 Å². The van der Waals surface area contributed by atoms with Crippen LogP contribution in [0.1, 0.15) is 65.0 Å². The molecule has 0 saturated carbocycles. The Morgan fingerprint density at radius 3 is 2.41 bits per heavy atom. The summed E-state index contributed by atoms with van der Waals surface area (Å²) < 4.78 is 34.6. The predicted molar refractivity (Wildman–Crippen MR) is 147 cm³/mol. The Hall–Kier alpha value is -3.16. The van der Waals surface area contributed by atoms with Crippen LogP contribution in [0.25, 0.3) is 0 Å². The molecule has 5 rings (SSSR count). The van der Waals surface area contributed by atoms with Crippen molar-refractivity contribution in [3.8, 4) is 0 Å². The molecule has 0 aliphatic carbocycles. The molecular weight excluding hydrogens is 484 g/mol.